The molecule has 0 bridgehead atoms. The molecule has 1 amide bonds. The number of pyridine rings is 1. The number of amides is 1. The molecule has 0 saturated carbocycles. The zero-order valence-electron chi connectivity index (χ0n) is 19.6. The van der Waals surface area contributed by atoms with Gasteiger partial charge in [0.15, 0.2) is 5.69 Å². The molecule has 1 aliphatic heterocycles. The number of aliphatic imine (C=N–C) groups is 1. The fourth-order valence-electron chi connectivity index (χ4n) is 3.98. The van der Waals surface area contributed by atoms with E-state index in [1.54, 1.807) is 29.7 Å². The lowest BCUT2D eigenvalue weighted by Gasteiger charge is -2.29. The molecule has 0 fully saturated rings. The van der Waals surface area contributed by atoms with Gasteiger partial charge in [-0.25, -0.2) is 26.9 Å². The van der Waals surface area contributed by atoms with Gasteiger partial charge in [-0.2, -0.15) is 0 Å². The molecule has 1 aromatic carbocycles. The second kappa shape index (κ2) is 8.14. The van der Waals surface area contributed by atoms with Crippen molar-refractivity contribution in [2.75, 3.05) is 18.9 Å². The highest BCUT2D eigenvalue weighted by molar-refractivity contribution is 7.91. The number of nitrogens with two attached hydrogens (primary N) is 1. The molecule has 0 unspecified atom stereocenters. The molecule has 10 nitrogen and oxygen atoms in total. The number of carbonyl (C=O) groups is 1. The molecule has 3 aromatic rings. The lowest BCUT2D eigenvalue weighted by molar-refractivity contribution is 0.102. The number of carbonyl (C=O) groups excluding carboxylic acids is 1. The van der Waals surface area contributed by atoms with Crippen LogP contribution in [0.4, 0.5) is 15.8 Å². The Morgan fingerprint density at radius 2 is 1.97 bits per heavy atom. The zero-order valence-corrected chi connectivity index (χ0v) is 20.4. The number of hydrogen-bond donors (Lipinski definition) is 2. The van der Waals surface area contributed by atoms with Gasteiger partial charge < -0.3 is 15.5 Å². The van der Waals surface area contributed by atoms with Gasteiger partial charge in [0.25, 0.3) is 5.91 Å². The molecule has 0 spiro atoms. The number of fused-ring (bicyclic) bond motifs is 1. The Bertz CT molecular complexity index is 1540. The van der Waals surface area contributed by atoms with Crippen LogP contribution in [0.1, 0.15) is 36.8 Å². The summed E-state index contributed by atoms with van der Waals surface area (Å²) in [5.41, 5.74) is 6.03. The van der Waals surface area contributed by atoms with Gasteiger partial charge in [-0.1, -0.05) is 0 Å². The SMILES string of the molecule is [C-]#[N+]c1ccn2cc(C(=O)Nc3ccc(F)c([C@]4(C)CN(C)S(=O)(=O)C(C)(C)C(N)=N4)c3)nc2c1. The minimum absolute atomic E-state index is 0.0784. The third kappa shape index (κ3) is 4.02. The molecule has 3 heterocycles. The summed E-state index contributed by atoms with van der Waals surface area (Å²) in [7, 11) is -2.45. The Morgan fingerprint density at radius 3 is 2.66 bits per heavy atom. The maximum Gasteiger partial charge on any atom is 0.275 e. The minimum Gasteiger partial charge on any atom is -0.386 e. The van der Waals surface area contributed by atoms with Gasteiger partial charge in [-0.05, 0) is 57.3 Å². The van der Waals surface area contributed by atoms with Gasteiger partial charge in [0, 0.05) is 31.0 Å². The molecular weight excluding hydrogens is 473 g/mol. The predicted molar refractivity (Wildman–Crippen MR) is 130 cm³/mol. The van der Waals surface area contributed by atoms with Crippen LogP contribution in [0.25, 0.3) is 10.5 Å². The van der Waals surface area contributed by atoms with E-state index in [-0.39, 0.29) is 29.3 Å². The van der Waals surface area contributed by atoms with Gasteiger partial charge in [0.05, 0.1) is 6.57 Å². The molecule has 0 saturated heterocycles. The maximum absolute atomic E-state index is 15.0. The van der Waals surface area contributed by atoms with E-state index < -0.39 is 32.0 Å². The van der Waals surface area contributed by atoms with E-state index in [9.17, 15) is 13.2 Å². The van der Waals surface area contributed by atoms with Crippen LogP contribution >= 0.6 is 0 Å². The summed E-state index contributed by atoms with van der Waals surface area (Å²) >= 11 is 0. The first-order valence-corrected chi connectivity index (χ1v) is 12.0. The van der Waals surface area contributed by atoms with E-state index in [0.717, 1.165) is 4.31 Å². The molecule has 12 heteroatoms. The first kappa shape index (κ1) is 24.3. The lowest BCUT2D eigenvalue weighted by atomic mass is 9.91. The van der Waals surface area contributed by atoms with Crippen LogP contribution in [0.5, 0.6) is 0 Å². The third-order valence-electron chi connectivity index (χ3n) is 6.18. The van der Waals surface area contributed by atoms with Crippen molar-refractivity contribution in [2.24, 2.45) is 10.7 Å². The Morgan fingerprint density at radius 1 is 1.26 bits per heavy atom. The summed E-state index contributed by atoms with van der Waals surface area (Å²) in [6.45, 7) is 11.4. The number of hydrogen-bond acceptors (Lipinski definition) is 6. The van der Waals surface area contributed by atoms with E-state index in [2.05, 4.69) is 20.1 Å². The van der Waals surface area contributed by atoms with Crippen LogP contribution in [0.2, 0.25) is 0 Å². The molecular formula is C23H24FN7O3S. The topological polar surface area (TPSA) is 127 Å². The van der Waals surface area contributed by atoms with Crippen molar-refractivity contribution in [3.8, 4) is 0 Å². The summed E-state index contributed by atoms with van der Waals surface area (Å²) in [5.74, 6) is -1.29. The number of nitrogens with zero attached hydrogens (tertiary/aromatic N) is 5. The van der Waals surface area contributed by atoms with Crippen LogP contribution in [-0.2, 0) is 15.6 Å². The average Bonchev–Trinajstić information content (AvgIpc) is 3.21. The van der Waals surface area contributed by atoms with Crippen molar-refractivity contribution in [1.29, 1.82) is 0 Å². The van der Waals surface area contributed by atoms with Gasteiger partial charge in [-0.3, -0.25) is 9.79 Å². The first-order valence-electron chi connectivity index (χ1n) is 10.6. The van der Waals surface area contributed by atoms with Crippen molar-refractivity contribution in [3.05, 3.63) is 71.2 Å². The number of anilines is 1. The van der Waals surface area contributed by atoms with Gasteiger partial charge in [0.1, 0.15) is 33.3 Å². The first-order chi connectivity index (χ1) is 16.3. The molecule has 3 N–H and O–H groups in total. The summed E-state index contributed by atoms with van der Waals surface area (Å²) in [5, 5.41) is 2.69. The van der Waals surface area contributed by atoms with Gasteiger partial charge >= 0.3 is 0 Å². The second-order valence-corrected chi connectivity index (χ2v) is 11.7. The van der Waals surface area contributed by atoms with E-state index in [1.165, 1.54) is 45.3 Å². The number of amidine groups is 1. The monoisotopic (exact) mass is 497 g/mol. The van der Waals surface area contributed by atoms with Gasteiger partial charge in [-0.15, -0.1) is 0 Å². The summed E-state index contributed by atoms with van der Waals surface area (Å²) in [6.07, 6.45) is 3.15. The van der Waals surface area contributed by atoms with E-state index in [0.29, 0.717) is 11.3 Å². The number of sulfonamides is 1. The molecule has 0 aliphatic carbocycles. The van der Waals surface area contributed by atoms with Crippen molar-refractivity contribution in [1.82, 2.24) is 13.7 Å². The molecule has 1 aliphatic rings. The Balaban J connectivity index is 1.69. The van der Waals surface area contributed by atoms with Crippen molar-refractivity contribution in [2.45, 2.75) is 31.1 Å². The van der Waals surface area contributed by atoms with Crippen molar-refractivity contribution in [3.63, 3.8) is 0 Å². The smallest absolute Gasteiger partial charge is 0.275 e. The fourth-order valence-corrected chi connectivity index (χ4v) is 5.49. The van der Waals surface area contributed by atoms with Crippen molar-refractivity contribution >= 4 is 38.8 Å². The minimum atomic E-state index is -3.84. The zero-order chi connectivity index (χ0) is 25.8. The third-order valence-corrected chi connectivity index (χ3v) is 8.63. The molecule has 35 heavy (non-hydrogen) atoms. The summed E-state index contributed by atoms with van der Waals surface area (Å²) in [4.78, 5) is 24.9. The molecule has 182 valence electrons. The highest BCUT2D eigenvalue weighted by atomic mass is 32.2. The van der Waals surface area contributed by atoms with Crippen molar-refractivity contribution < 1.29 is 17.6 Å². The van der Waals surface area contributed by atoms with Gasteiger partial charge in [0.2, 0.25) is 10.0 Å². The molecule has 1 atom stereocenters. The summed E-state index contributed by atoms with van der Waals surface area (Å²) in [6, 6.07) is 7.14. The van der Waals surface area contributed by atoms with Crippen LogP contribution < -0.4 is 11.1 Å². The standard InChI is InChI=1S/C23H24FN7O3S/c1-22(2)21(25)29-23(3,13-30(5)35(22,33)34)16-10-15(6-7-17(16)24)27-20(32)18-12-31-9-8-14(26-4)11-19(31)28-18/h6-12H,13H2,1-3,5H3,(H2,25,29)(H,27,32)/t23-/m0/s1. The number of rotatable bonds is 3. The number of nitrogens with one attached hydrogen (secondary N) is 1. The largest absolute Gasteiger partial charge is 0.386 e. The average molecular weight is 498 g/mol. The number of benzene rings is 1. The van der Waals surface area contributed by atoms with Crippen LogP contribution in [0.3, 0.4) is 0 Å². The number of halogens is 1. The quantitative estimate of drug-likeness (QED) is 0.538. The normalized spacial score (nSPS) is 21.7. The highest BCUT2D eigenvalue weighted by Gasteiger charge is 2.48. The molecule has 0 radical (unpaired) electrons. The van der Waals surface area contributed by atoms with E-state index in [1.807, 2.05) is 0 Å². The lowest BCUT2D eigenvalue weighted by Crippen LogP contribution is -2.50. The van der Waals surface area contributed by atoms with Crippen LogP contribution in [0.15, 0.2) is 47.7 Å². The second-order valence-electron chi connectivity index (χ2n) is 9.08. The number of imidazole rings is 1. The van der Waals surface area contributed by atoms with Crippen LogP contribution in [0, 0.1) is 12.4 Å². The highest BCUT2D eigenvalue weighted by Crippen LogP contribution is 2.36. The van der Waals surface area contributed by atoms with E-state index in [4.69, 9.17) is 12.3 Å². The van der Waals surface area contributed by atoms with Crippen LogP contribution in [-0.4, -0.2) is 52.2 Å². The Labute approximate surface area is 202 Å². The van der Waals surface area contributed by atoms with E-state index >= 15 is 4.39 Å². The molecule has 2 aromatic heterocycles. The Kier molecular flexibility index (Phi) is 5.65. The number of aromatic nitrogens is 2. The summed E-state index contributed by atoms with van der Waals surface area (Å²) < 4.78 is 42.2. The molecule has 4 rings (SSSR count). The number of likely N-dealkylation sites (N-methyl/N-ethyl adjacent to an activating group) is 1. The Hall–Kier alpha value is -3.82. The fraction of sp³-hybridized carbons (Fsp3) is 0.304. The maximum atomic E-state index is 15.0. The predicted octanol–water partition coefficient (Wildman–Crippen LogP) is 2.90.